The van der Waals surface area contributed by atoms with Crippen LogP contribution < -0.4 is 5.73 Å². The number of nitrogens with zero attached hydrogens (tertiary/aromatic N) is 1. The normalized spacial score (nSPS) is 22.8. The first kappa shape index (κ1) is 13.5. The Morgan fingerprint density at radius 3 is 2.56 bits per heavy atom. The zero-order chi connectivity index (χ0) is 12.2. The van der Waals surface area contributed by atoms with E-state index in [-0.39, 0.29) is 12.1 Å². The van der Waals surface area contributed by atoms with Crippen LogP contribution >= 0.6 is 0 Å². The summed E-state index contributed by atoms with van der Waals surface area (Å²) in [5.74, 6) is -0.246. The lowest BCUT2D eigenvalue weighted by atomic mass is 9.97. The molecule has 1 fully saturated rings. The van der Waals surface area contributed by atoms with Crippen molar-refractivity contribution in [2.45, 2.75) is 51.2 Å². The Hall–Kier alpha value is -0.610. The Bertz CT molecular complexity index is 233. The van der Waals surface area contributed by atoms with Crippen LogP contribution in [-0.4, -0.2) is 42.6 Å². The molecule has 1 rings (SSSR count). The SMILES string of the molecule is CCCC(C)(N)C(=O)OC1CCN(C)CC1. The average molecular weight is 228 g/mol. The quantitative estimate of drug-likeness (QED) is 0.733. The predicted octanol–water partition coefficient (Wildman–Crippen LogP) is 1.14. The molecule has 1 saturated heterocycles. The van der Waals surface area contributed by atoms with Gasteiger partial charge in [-0.1, -0.05) is 13.3 Å². The van der Waals surface area contributed by atoms with Gasteiger partial charge in [-0.15, -0.1) is 0 Å². The van der Waals surface area contributed by atoms with Crippen LogP contribution in [0.15, 0.2) is 0 Å². The zero-order valence-electron chi connectivity index (χ0n) is 10.7. The van der Waals surface area contributed by atoms with Gasteiger partial charge in [0.25, 0.3) is 0 Å². The van der Waals surface area contributed by atoms with Crippen LogP contribution in [0.25, 0.3) is 0 Å². The van der Waals surface area contributed by atoms with Crippen LogP contribution in [0.4, 0.5) is 0 Å². The lowest BCUT2D eigenvalue weighted by Crippen LogP contribution is -2.48. The smallest absolute Gasteiger partial charge is 0.326 e. The third-order valence-corrected chi connectivity index (χ3v) is 3.17. The van der Waals surface area contributed by atoms with Gasteiger partial charge in [0.15, 0.2) is 0 Å². The van der Waals surface area contributed by atoms with Gasteiger partial charge in [-0.2, -0.15) is 0 Å². The first-order valence-corrected chi connectivity index (χ1v) is 6.14. The number of hydrogen-bond donors (Lipinski definition) is 1. The fraction of sp³-hybridized carbons (Fsp3) is 0.917. The Morgan fingerprint density at radius 2 is 2.06 bits per heavy atom. The van der Waals surface area contributed by atoms with Crippen molar-refractivity contribution in [3.05, 3.63) is 0 Å². The summed E-state index contributed by atoms with van der Waals surface area (Å²) < 4.78 is 5.47. The number of likely N-dealkylation sites (tertiary alicyclic amines) is 1. The van der Waals surface area contributed by atoms with Crippen molar-refractivity contribution in [2.24, 2.45) is 5.73 Å². The van der Waals surface area contributed by atoms with Gasteiger partial charge >= 0.3 is 5.97 Å². The molecule has 0 amide bonds. The number of carbonyl (C=O) groups is 1. The Labute approximate surface area is 98.1 Å². The molecule has 94 valence electrons. The molecule has 0 radical (unpaired) electrons. The van der Waals surface area contributed by atoms with Crippen molar-refractivity contribution in [1.82, 2.24) is 4.90 Å². The topological polar surface area (TPSA) is 55.6 Å². The van der Waals surface area contributed by atoms with Crippen LogP contribution in [0.1, 0.15) is 39.5 Å². The van der Waals surface area contributed by atoms with E-state index in [9.17, 15) is 4.79 Å². The van der Waals surface area contributed by atoms with Gasteiger partial charge in [0, 0.05) is 13.1 Å². The van der Waals surface area contributed by atoms with E-state index in [2.05, 4.69) is 11.9 Å². The molecule has 0 bridgehead atoms. The van der Waals surface area contributed by atoms with E-state index in [0.717, 1.165) is 32.4 Å². The molecule has 0 saturated carbocycles. The van der Waals surface area contributed by atoms with Crippen molar-refractivity contribution in [3.8, 4) is 0 Å². The second-order valence-corrected chi connectivity index (χ2v) is 5.08. The molecule has 0 aliphatic carbocycles. The number of hydrogen-bond acceptors (Lipinski definition) is 4. The van der Waals surface area contributed by atoms with E-state index in [1.54, 1.807) is 6.92 Å². The van der Waals surface area contributed by atoms with Gasteiger partial charge in [-0.3, -0.25) is 4.79 Å². The van der Waals surface area contributed by atoms with Crippen molar-refractivity contribution < 1.29 is 9.53 Å². The number of piperidine rings is 1. The van der Waals surface area contributed by atoms with Crippen LogP contribution in [0, 0.1) is 0 Å². The highest BCUT2D eigenvalue weighted by molar-refractivity contribution is 5.80. The lowest BCUT2D eigenvalue weighted by Gasteiger charge is -2.31. The van der Waals surface area contributed by atoms with Gasteiger partial charge in [-0.05, 0) is 33.2 Å². The number of carbonyl (C=O) groups excluding carboxylic acids is 1. The summed E-state index contributed by atoms with van der Waals surface area (Å²) in [6.07, 6.45) is 3.48. The summed E-state index contributed by atoms with van der Waals surface area (Å²) in [5.41, 5.74) is 5.11. The number of nitrogens with two attached hydrogens (primary N) is 1. The summed E-state index contributed by atoms with van der Waals surface area (Å²) in [7, 11) is 2.09. The van der Waals surface area contributed by atoms with Crippen LogP contribution in [-0.2, 0) is 9.53 Å². The largest absolute Gasteiger partial charge is 0.461 e. The van der Waals surface area contributed by atoms with E-state index >= 15 is 0 Å². The van der Waals surface area contributed by atoms with Crippen molar-refractivity contribution >= 4 is 5.97 Å². The molecule has 0 spiro atoms. The molecule has 1 heterocycles. The molecule has 4 nitrogen and oxygen atoms in total. The highest BCUT2D eigenvalue weighted by atomic mass is 16.5. The first-order valence-electron chi connectivity index (χ1n) is 6.14. The molecule has 1 atom stereocenters. The van der Waals surface area contributed by atoms with E-state index in [4.69, 9.17) is 10.5 Å². The maximum absolute atomic E-state index is 11.8. The van der Waals surface area contributed by atoms with Crippen LogP contribution in [0.5, 0.6) is 0 Å². The number of esters is 1. The highest BCUT2D eigenvalue weighted by Crippen LogP contribution is 2.17. The zero-order valence-corrected chi connectivity index (χ0v) is 10.7. The van der Waals surface area contributed by atoms with Crippen LogP contribution in [0.3, 0.4) is 0 Å². The fourth-order valence-corrected chi connectivity index (χ4v) is 2.01. The van der Waals surface area contributed by atoms with Gasteiger partial charge in [-0.25, -0.2) is 0 Å². The maximum Gasteiger partial charge on any atom is 0.326 e. The van der Waals surface area contributed by atoms with Crippen LogP contribution in [0.2, 0.25) is 0 Å². The molecule has 1 aliphatic heterocycles. The Morgan fingerprint density at radius 1 is 1.50 bits per heavy atom. The fourth-order valence-electron chi connectivity index (χ4n) is 2.01. The third-order valence-electron chi connectivity index (χ3n) is 3.17. The second kappa shape index (κ2) is 5.64. The summed E-state index contributed by atoms with van der Waals surface area (Å²) >= 11 is 0. The van der Waals surface area contributed by atoms with Crippen molar-refractivity contribution in [2.75, 3.05) is 20.1 Å². The predicted molar refractivity (Wildman–Crippen MR) is 64.1 cm³/mol. The molecule has 2 N–H and O–H groups in total. The second-order valence-electron chi connectivity index (χ2n) is 5.08. The molecule has 1 aliphatic rings. The summed E-state index contributed by atoms with van der Waals surface area (Å²) in [4.78, 5) is 14.1. The Balaban J connectivity index is 2.39. The number of ether oxygens (including phenoxy) is 1. The van der Waals surface area contributed by atoms with Crippen molar-refractivity contribution in [1.29, 1.82) is 0 Å². The van der Waals surface area contributed by atoms with E-state index < -0.39 is 5.54 Å². The molecule has 1 unspecified atom stereocenters. The monoisotopic (exact) mass is 228 g/mol. The van der Waals surface area contributed by atoms with E-state index in [1.807, 2.05) is 6.92 Å². The summed E-state index contributed by atoms with van der Waals surface area (Å²) in [6.45, 7) is 5.77. The molecule has 0 aromatic heterocycles. The summed E-state index contributed by atoms with van der Waals surface area (Å²) in [6, 6.07) is 0. The van der Waals surface area contributed by atoms with Crippen molar-refractivity contribution in [3.63, 3.8) is 0 Å². The molecular formula is C12H24N2O2. The third kappa shape index (κ3) is 3.76. The number of rotatable bonds is 4. The van der Waals surface area contributed by atoms with Gasteiger partial charge in [0.1, 0.15) is 11.6 Å². The maximum atomic E-state index is 11.8. The first-order chi connectivity index (χ1) is 7.45. The molecular weight excluding hydrogens is 204 g/mol. The minimum atomic E-state index is -0.821. The minimum absolute atomic E-state index is 0.0587. The van der Waals surface area contributed by atoms with E-state index in [1.165, 1.54) is 0 Å². The molecule has 4 heteroatoms. The van der Waals surface area contributed by atoms with Gasteiger partial charge in [0.2, 0.25) is 0 Å². The molecule has 0 aromatic carbocycles. The average Bonchev–Trinajstić information content (AvgIpc) is 2.21. The summed E-state index contributed by atoms with van der Waals surface area (Å²) in [5, 5.41) is 0. The molecule has 16 heavy (non-hydrogen) atoms. The van der Waals surface area contributed by atoms with Gasteiger partial charge < -0.3 is 15.4 Å². The minimum Gasteiger partial charge on any atom is -0.461 e. The highest BCUT2D eigenvalue weighted by Gasteiger charge is 2.31. The lowest BCUT2D eigenvalue weighted by molar-refractivity contribution is -0.157. The van der Waals surface area contributed by atoms with E-state index in [0.29, 0.717) is 6.42 Å². The Kier molecular flexibility index (Phi) is 4.74. The standard InChI is InChI=1S/C12H24N2O2/c1-4-7-12(2,13)11(15)16-10-5-8-14(3)9-6-10/h10H,4-9,13H2,1-3H3. The van der Waals surface area contributed by atoms with Gasteiger partial charge in [0.05, 0.1) is 0 Å². The molecule has 0 aromatic rings.